The molecule has 0 spiro atoms. The van der Waals surface area contributed by atoms with Crippen LogP contribution in [0, 0.1) is 0 Å². The van der Waals surface area contributed by atoms with Crippen LogP contribution in [0.15, 0.2) is 22.6 Å². The summed E-state index contributed by atoms with van der Waals surface area (Å²) >= 11 is 0. The van der Waals surface area contributed by atoms with Gasteiger partial charge in [-0.15, -0.1) is 4.40 Å². The lowest BCUT2D eigenvalue weighted by atomic mass is 9.99. The molecule has 3 saturated heterocycles. The van der Waals surface area contributed by atoms with E-state index >= 15 is 0 Å². The summed E-state index contributed by atoms with van der Waals surface area (Å²) in [6.07, 6.45) is -2.44. The fourth-order valence-electron chi connectivity index (χ4n) is 4.34. The topological polar surface area (TPSA) is 140 Å². The van der Waals surface area contributed by atoms with Crippen LogP contribution in [0.3, 0.4) is 0 Å². The summed E-state index contributed by atoms with van der Waals surface area (Å²) in [6.45, 7) is 7.38. The van der Waals surface area contributed by atoms with Gasteiger partial charge in [0.05, 0.1) is 11.3 Å². The van der Waals surface area contributed by atoms with Crippen LogP contribution in [-0.2, 0) is 33.9 Å². The van der Waals surface area contributed by atoms with E-state index in [0.29, 0.717) is 17.0 Å². The number of fused-ring (bicyclic) bond motifs is 4. The molecule has 0 aliphatic carbocycles. The molecule has 1 aromatic carbocycles. The van der Waals surface area contributed by atoms with Crippen molar-refractivity contribution in [3.8, 4) is 5.75 Å². The lowest BCUT2D eigenvalue weighted by Crippen LogP contribution is -2.56. The molecule has 170 valence electrons. The third-order valence-electron chi connectivity index (χ3n) is 5.39. The molecule has 0 radical (unpaired) electrons. The zero-order valence-electron chi connectivity index (χ0n) is 17.5. The highest BCUT2D eigenvalue weighted by atomic mass is 32.2. The number of hydrogen-bond donors (Lipinski definition) is 2. The van der Waals surface area contributed by atoms with Gasteiger partial charge in [0.25, 0.3) is 0 Å². The van der Waals surface area contributed by atoms with Gasteiger partial charge >= 0.3 is 10.2 Å². The number of nitrogens with two attached hydrogens (primary N) is 1. The van der Waals surface area contributed by atoms with E-state index in [2.05, 4.69) is 9.12 Å². The van der Waals surface area contributed by atoms with E-state index in [4.69, 9.17) is 34.2 Å². The van der Waals surface area contributed by atoms with Crippen molar-refractivity contribution in [2.45, 2.75) is 70.0 Å². The number of amidine groups is 1. The highest BCUT2D eigenvalue weighted by Gasteiger charge is 2.60. The predicted molar refractivity (Wildman–Crippen MR) is 108 cm³/mol. The smallest absolute Gasteiger partial charge is 0.344 e. The zero-order valence-corrected chi connectivity index (χ0v) is 18.3. The molecule has 0 amide bonds. The summed E-state index contributed by atoms with van der Waals surface area (Å²) in [5.74, 6) is -1.41. The minimum Gasteiger partial charge on any atom is -0.490 e. The molecule has 0 saturated carbocycles. The second-order valence-corrected chi connectivity index (χ2v) is 10.1. The molecular weight excluding hydrogens is 430 g/mol. The minimum atomic E-state index is -3.88. The van der Waals surface area contributed by atoms with Crippen molar-refractivity contribution in [1.82, 2.24) is 0 Å². The maximum Gasteiger partial charge on any atom is 0.344 e. The van der Waals surface area contributed by atoms with Crippen molar-refractivity contribution in [3.05, 3.63) is 23.8 Å². The molecule has 12 heteroatoms. The van der Waals surface area contributed by atoms with Crippen LogP contribution in [-0.4, -0.2) is 63.1 Å². The number of anilines is 1. The molecule has 3 fully saturated rings. The van der Waals surface area contributed by atoms with E-state index in [-0.39, 0.29) is 12.4 Å². The largest absolute Gasteiger partial charge is 0.490 e. The van der Waals surface area contributed by atoms with Crippen molar-refractivity contribution >= 4 is 21.7 Å². The fraction of sp³-hybridized carbons (Fsp3) is 0.632. The van der Waals surface area contributed by atoms with Gasteiger partial charge in [0, 0.05) is 0 Å². The Kier molecular flexibility index (Phi) is 4.57. The number of nitrogens with zero attached hydrogens (tertiary/aromatic N) is 1. The molecule has 11 nitrogen and oxygen atoms in total. The van der Waals surface area contributed by atoms with Gasteiger partial charge in [0.15, 0.2) is 23.7 Å². The van der Waals surface area contributed by atoms with Crippen LogP contribution >= 0.6 is 0 Å². The molecule has 1 aromatic rings. The highest BCUT2D eigenvalue weighted by Crippen LogP contribution is 2.44. The molecular formula is C19H25N3O8S. The summed E-state index contributed by atoms with van der Waals surface area (Å²) in [4.78, 5) is 0. The molecule has 0 aromatic heterocycles. The van der Waals surface area contributed by atoms with Gasteiger partial charge in [0.1, 0.15) is 36.8 Å². The number of rotatable bonds is 3. The Labute approximate surface area is 180 Å². The SMILES string of the molecule is CC1(C)O[C@H]2OC(COc3cccc4c3C(N)=NS(=O)(=O)N4)[C@@H]3OC(C)(C)O[C@H]3[C@H]2O1. The van der Waals surface area contributed by atoms with Gasteiger partial charge in [-0.3, -0.25) is 4.72 Å². The Morgan fingerprint density at radius 2 is 1.74 bits per heavy atom. The predicted octanol–water partition coefficient (Wildman–Crippen LogP) is 0.838. The molecule has 5 atom stereocenters. The van der Waals surface area contributed by atoms with E-state index in [1.807, 2.05) is 27.7 Å². The van der Waals surface area contributed by atoms with Gasteiger partial charge < -0.3 is 34.2 Å². The summed E-state index contributed by atoms with van der Waals surface area (Å²) in [6, 6.07) is 4.92. The zero-order chi connectivity index (χ0) is 22.2. The van der Waals surface area contributed by atoms with Gasteiger partial charge in [-0.2, -0.15) is 8.42 Å². The normalized spacial score (nSPS) is 36.5. The first-order valence-corrected chi connectivity index (χ1v) is 11.4. The van der Waals surface area contributed by atoms with E-state index in [9.17, 15) is 8.42 Å². The Balaban J connectivity index is 1.39. The van der Waals surface area contributed by atoms with Crippen LogP contribution in [0.4, 0.5) is 5.69 Å². The van der Waals surface area contributed by atoms with E-state index in [1.165, 1.54) is 0 Å². The highest BCUT2D eigenvalue weighted by molar-refractivity contribution is 7.91. The summed E-state index contributed by atoms with van der Waals surface area (Å²) in [5.41, 5.74) is 6.55. The van der Waals surface area contributed by atoms with Gasteiger partial charge in [-0.1, -0.05) is 6.07 Å². The Morgan fingerprint density at radius 3 is 2.52 bits per heavy atom. The maximum atomic E-state index is 11.8. The van der Waals surface area contributed by atoms with Crippen LogP contribution in [0.25, 0.3) is 0 Å². The van der Waals surface area contributed by atoms with Crippen molar-refractivity contribution in [2.75, 3.05) is 11.3 Å². The van der Waals surface area contributed by atoms with Gasteiger partial charge in [-0.05, 0) is 39.8 Å². The third-order valence-corrected chi connectivity index (χ3v) is 6.31. The molecule has 4 heterocycles. The molecule has 5 rings (SSSR count). The van der Waals surface area contributed by atoms with Crippen molar-refractivity contribution in [1.29, 1.82) is 0 Å². The summed E-state index contributed by atoms with van der Waals surface area (Å²) < 4.78 is 65.6. The first kappa shape index (κ1) is 20.9. The van der Waals surface area contributed by atoms with Crippen LogP contribution < -0.4 is 15.2 Å². The lowest BCUT2D eigenvalue weighted by Gasteiger charge is -2.37. The van der Waals surface area contributed by atoms with Crippen LogP contribution in [0.2, 0.25) is 0 Å². The van der Waals surface area contributed by atoms with E-state index in [1.54, 1.807) is 18.2 Å². The van der Waals surface area contributed by atoms with Crippen molar-refractivity contribution in [2.24, 2.45) is 10.1 Å². The third kappa shape index (κ3) is 3.77. The molecule has 31 heavy (non-hydrogen) atoms. The van der Waals surface area contributed by atoms with Crippen molar-refractivity contribution < 1.29 is 36.8 Å². The Hall–Kier alpha value is -1.96. The average Bonchev–Trinajstić information content (AvgIpc) is 3.12. The Bertz CT molecular complexity index is 1040. The minimum absolute atomic E-state index is 0.0874. The summed E-state index contributed by atoms with van der Waals surface area (Å²) in [5, 5.41) is 0. The molecule has 0 bridgehead atoms. The monoisotopic (exact) mass is 455 g/mol. The van der Waals surface area contributed by atoms with Gasteiger partial charge in [0.2, 0.25) is 0 Å². The lowest BCUT2D eigenvalue weighted by molar-refractivity contribution is -0.238. The summed E-state index contributed by atoms with van der Waals surface area (Å²) in [7, 11) is -3.88. The second-order valence-electron chi connectivity index (χ2n) is 8.75. The Morgan fingerprint density at radius 1 is 1.06 bits per heavy atom. The van der Waals surface area contributed by atoms with E-state index in [0.717, 1.165) is 0 Å². The maximum absolute atomic E-state index is 11.8. The second kappa shape index (κ2) is 6.77. The van der Waals surface area contributed by atoms with Crippen LogP contribution in [0.5, 0.6) is 5.75 Å². The number of hydrogen-bond acceptors (Lipinski definition) is 9. The van der Waals surface area contributed by atoms with Gasteiger partial charge in [-0.25, -0.2) is 0 Å². The standard InChI is InChI=1S/C19H25N3O8S/c1-18(2)27-13-11(26-17-15(14(13)28-18)29-19(3,4)30-17)8-25-10-7-5-6-9-12(10)16(20)22-31(23,24)21-9/h5-7,11,13-15,17,21H,8H2,1-4H3,(H2,20,22)/t11?,13-,14+,15+,17+/m0/s1. The number of benzene rings is 1. The molecule has 3 N–H and O–H groups in total. The first-order valence-electron chi connectivity index (χ1n) is 9.94. The molecule has 1 unspecified atom stereocenters. The quantitative estimate of drug-likeness (QED) is 0.678. The van der Waals surface area contributed by atoms with E-state index < -0.39 is 52.5 Å². The first-order chi connectivity index (χ1) is 14.4. The molecule has 4 aliphatic rings. The average molecular weight is 455 g/mol. The molecule has 4 aliphatic heterocycles. The van der Waals surface area contributed by atoms with Crippen molar-refractivity contribution in [3.63, 3.8) is 0 Å². The van der Waals surface area contributed by atoms with Crippen LogP contribution in [0.1, 0.15) is 33.3 Å². The number of nitrogens with one attached hydrogen (secondary N) is 1. The fourth-order valence-corrected chi connectivity index (χ4v) is 5.18. The number of ether oxygens (including phenoxy) is 6.